The summed E-state index contributed by atoms with van der Waals surface area (Å²) < 4.78 is 25.1. The van der Waals surface area contributed by atoms with Gasteiger partial charge >= 0.3 is 0 Å². The van der Waals surface area contributed by atoms with E-state index in [0.29, 0.717) is 18.0 Å². The fraction of sp³-hybridized carbons (Fsp3) is 0.526. The molecule has 9 heteroatoms. The van der Waals surface area contributed by atoms with Crippen LogP contribution < -0.4 is 5.32 Å². The third-order valence-electron chi connectivity index (χ3n) is 5.03. The number of sulfone groups is 1. The molecule has 1 amide bonds. The second-order valence-corrected chi connectivity index (χ2v) is 11.0. The second kappa shape index (κ2) is 8.24. The van der Waals surface area contributed by atoms with Gasteiger partial charge in [-0.3, -0.25) is 4.79 Å². The van der Waals surface area contributed by atoms with E-state index in [1.807, 2.05) is 50.6 Å². The van der Waals surface area contributed by atoms with Crippen molar-refractivity contribution in [2.75, 3.05) is 16.8 Å². The van der Waals surface area contributed by atoms with Crippen LogP contribution in [0.1, 0.15) is 30.3 Å². The third kappa shape index (κ3) is 4.94. The largest absolute Gasteiger partial charge is 0.325 e. The zero-order chi connectivity index (χ0) is 20.5. The lowest BCUT2D eigenvalue weighted by molar-refractivity contribution is -0.115. The van der Waals surface area contributed by atoms with Crippen LogP contribution >= 0.6 is 11.8 Å². The Morgan fingerprint density at radius 3 is 2.79 bits per heavy atom. The maximum atomic E-state index is 12.6. The molecular formula is C19H26N4O3S2. The van der Waals surface area contributed by atoms with Crippen molar-refractivity contribution in [2.45, 2.75) is 44.0 Å². The molecule has 0 spiro atoms. The Balaban J connectivity index is 1.62. The number of rotatable bonds is 6. The van der Waals surface area contributed by atoms with Crippen LogP contribution in [0.4, 0.5) is 5.69 Å². The number of nitrogens with zero attached hydrogens (tertiary/aromatic N) is 3. The fourth-order valence-corrected chi connectivity index (χ4v) is 5.93. The van der Waals surface area contributed by atoms with Crippen molar-refractivity contribution in [1.82, 2.24) is 14.8 Å². The zero-order valence-corrected chi connectivity index (χ0v) is 18.2. The molecule has 3 rings (SSSR count). The van der Waals surface area contributed by atoms with Crippen molar-refractivity contribution in [1.29, 1.82) is 0 Å². The summed E-state index contributed by atoms with van der Waals surface area (Å²) in [6.07, 6.45) is 1.26. The van der Waals surface area contributed by atoms with E-state index in [4.69, 9.17) is 0 Å². The first-order chi connectivity index (χ1) is 13.1. The van der Waals surface area contributed by atoms with Gasteiger partial charge in [0.25, 0.3) is 0 Å². The van der Waals surface area contributed by atoms with Gasteiger partial charge < -0.3 is 9.88 Å². The molecule has 1 aliphatic heterocycles. The molecule has 1 saturated heterocycles. The summed E-state index contributed by atoms with van der Waals surface area (Å²) in [5.41, 5.74) is 2.93. The molecule has 0 bridgehead atoms. The van der Waals surface area contributed by atoms with Crippen molar-refractivity contribution >= 4 is 33.2 Å². The lowest BCUT2D eigenvalue weighted by atomic mass is 10.1. The van der Waals surface area contributed by atoms with Crippen LogP contribution in [0.5, 0.6) is 0 Å². The summed E-state index contributed by atoms with van der Waals surface area (Å²) in [4.78, 5) is 12.6. The number of carbonyl (C=O) groups excluding carboxylic acids is 1. The van der Waals surface area contributed by atoms with Crippen LogP contribution in [-0.2, 0) is 28.1 Å². The summed E-state index contributed by atoms with van der Waals surface area (Å²) in [7, 11) is -1.05. The predicted octanol–water partition coefficient (Wildman–Crippen LogP) is 2.53. The van der Waals surface area contributed by atoms with Gasteiger partial charge in [-0.2, -0.15) is 0 Å². The van der Waals surface area contributed by atoms with Gasteiger partial charge in [-0.1, -0.05) is 23.9 Å². The number of amides is 1. The highest BCUT2D eigenvalue weighted by atomic mass is 32.2. The van der Waals surface area contributed by atoms with Crippen molar-refractivity contribution in [3.63, 3.8) is 0 Å². The van der Waals surface area contributed by atoms with Gasteiger partial charge in [0.15, 0.2) is 15.0 Å². The van der Waals surface area contributed by atoms with E-state index < -0.39 is 9.84 Å². The monoisotopic (exact) mass is 422 g/mol. The van der Waals surface area contributed by atoms with E-state index in [2.05, 4.69) is 15.5 Å². The van der Waals surface area contributed by atoms with Gasteiger partial charge in [0.05, 0.1) is 16.8 Å². The normalized spacial score (nSPS) is 19.5. The standard InChI is InChI=1S/C19H26N4O3S2/c1-12-5-6-13(2)16(9-12)20-18(24)14(3)27-19-22-21-17(23(19)4)10-15-7-8-28(25,26)11-15/h5-6,9,14-15H,7-8,10-11H2,1-4H3,(H,20,24)/t14-,15+/m0/s1. The van der Waals surface area contributed by atoms with Gasteiger partial charge in [0.2, 0.25) is 5.91 Å². The number of anilines is 1. The second-order valence-electron chi connectivity index (χ2n) is 7.50. The summed E-state index contributed by atoms with van der Waals surface area (Å²) in [6.45, 7) is 5.79. The quantitative estimate of drug-likeness (QED) is 0.719. The first kappa shape index (κ1) is 20.9. The van der Waals surface area contributed by atoms with Gasteiger partial charge in [-0.05, 0) is 50.3 Å². The number of hydrogen-bond acceptors (Lipinski definition) is 6. The highest BCUT2D eigenvalue weighted by molar-refractivity contribution is 8.00. The lowest BCUT2D eigenvalue weighted by Gasteiger charge is -2.14. The van der Waals surface area contributed by atoms with Crippen LogP contribution in [0.2, 0.25) is 0 Å². The van der Waals surface area contributed by atoms with E-state index >= 15 is 0 Å². The maximum absolute atomic E-state index is 12.6. The Labute approximate surface area is 170 Å². The molecule has 1 aromatic carbocycles. The SMILES string of the molecule is Cc1ccc(C)c(NC(=O)[C@H](C)Sc2nnc(C[C@H]3CCS(=O)(=O)C3)n2C)c1. The Bertz CT molecular complexity index is 985. The summed E-state index contributed by atoms with van der Waals surface area (Å²) in [6, 6.07) is 5.96. The minimum absolute atomic E-state index is 0.0925. The Hall–Kier alpha value is -1.87. The van der Waals surface area contributed by atoms with Crippen LogP contribution in [0.15, 0.2) is 23.4 Å². The van der Waals surface area contributed by atoms with Gasteiger partial charge in [-0.15, -0.1) is 10.2 Å². The number of carbonyl (C=O) groups is 1. The number of aromatic nitrogens is 3. The molecule has 152 valence electrons. The fourth-order valence-electron chi connectivity index (χ4n) is 3.23. The average molecular weight is 423 g/mol. The summed E-state index contributed by atoms with van der Waals surface area (Å²) in [5, 5.41) is 11.7. The van der Waals surface area contributed by atoms with Crippen LogP contribution in [-0.4, -0.2) is 45.8 Å². The first-order valence-electron chi connectivity index (χ1n) is 9.28. The number of hydrogen-bond donors (Lipinski definition) is 1. The number of thioether (sulfide) groups is 1. The molecule has 1 N–H and O–H groups in total. The minimum Gasteiger partial charge on any atom is -0.325 e. The maximum Gasteiger partial charge on any atom is 0.237 e. The molecule has 0 unspecified atom stereocenters. The topological polar surface area (TPSA) is 94.0 Å². The van der Waals surface area contributed by atoms with E-state index in [-0.39, 0.29) is 28.6 Å². The van der Waals surface area contributed by atoms with E-state index in [9.17, 15) is 13.2 Å². The smallest absolute Gasteiger partial charge is 0.237 e. The highest BCUT2D eigenvalue weighted by Crippen LogP contribution is 2.26. The molecule has 1 fully saturated rings. The van der Waals surface area contributed by atoms with Crippen LogP contribution in [0, 0.1) is 19.8 Å². The molecule has 2 atom stereocenters. The molecule has 0 radical (unpaired) electrons. The number of aryl methyl sites for hydroxylation is 2. The van der Waals surface area contributed by atoms with Gasteiger partial charge in [-0.25, -0.2) is 8.42 Å². The molecule has 1 aromatic heterocycles. The van der Waals surface area contributed by atoms with E-state index in [0.717, 1.165) is 22.6 Å². The Kier molecular flexibility index (Phi) is 6.14. The van der Waals surface area contributed by atoms with E-state index in [1.165, 1.54) is 11.8 Å². The number of benzene rings is 1. The summed E-state index contributed by atoms with van der Waals surface area (Å²) in [5.74, 6) is 1.23. The summed E-state index contributed by atoms with van der Waals surface area (Å²) >= 11 is 1.35. The molecule has 2 aromatic rings. The third-order valence-corrected chi connectivity index (χ3v) is 8.00. The average Bonchev–Trinajstić information content (AvgIpc) is 3.14. The van der Waals surface area contributed by atoms with Crippen molar-refractivity contribution in [3.8, 4) is 0 Å². The van der Waals surface area contributed by atoms with Crippen molar-refractivity contribution in [3.05, 3.63) is 35.2 Å². The predicted molar refractivity (Wildman–Crippen MR) is 111 cm³/mol. The molecule has 28 heavy (non-hydrogen) atoms. The molecule has 2 heterocycles. The minimum atomic E-state index is -2.90. The highest BCUT2D eigenvalue weighted by Gasteiger charge is 2.29. The Morgan fingerprint density at radius 1 is 1.36 bits per heavy atom. The van der Waals surface area contributed by atoms with Gasteiger partial charge in [0, 0.05) is 19.2 Å². The Morgan fingerprint density at radius 2 is 2.11 bits per heavy atom. The number of nitrogens with one attached hydrogen (secondary N) is 1. The zero-order valence-electron chi connectivity index (χ0n) is 16.6. The van der Waals surface area contributed by atoms with Crippen LogP contribution in [0.3, 0.4) is 0 Å². The van der Waals surface area contributed by atoms with Crippen LogP contribution in [0.25, 0.3) is 0 Å². The molecular weight excluding hydrogens is 396 g/mol. The molecule has 0 saturated carbocycles. The molecule has 1 aliphatic rings. The first-order valence-corrected chi connectivity index (χ1v) is 12.0. The van der Waals surface area contributed by atoms with E-state index in [1.54, 1.807) is 0 Å². The van der Waals surface area contributed by atoms with Crippen molar-refractivity contribution in [2.24, 2.45) is 13.0 Å². The molecule has 7 nitrogen and oxygen atoms in total. The van der Waals surface area contributed by atoms with Crippen molar-refractivity contribution < 1.29 is 13.2 Å². The molecule has 0 aliphatic carbocycles. The van der Waals surface area contributed by atoms with Gasteiger partial charge in [0.1, 0.15) is 5.82 Å². The lowest BCUT2D eigenvalue weighted by Crippen LogP contribution is -2.23.